The average Bonchev–Trinajstić information content (AvgIpc) is 2.34. The molecule has 92 valence electrons. The van der Waals surface area contributed by atoms with Crippen LogP contribution in [0.25, 0.3) is 0 Å². The summed E-state index contributed by atoms with van der Waals surface area (Å²) in [5.41, 5.74) is 0.240. The first-order valence-electron chi connectivity index (χ1n) is 5.33. The van der Waals surface area contributed by atoms with Crippen LogP contribution in [-0.4, -0.2) is 28.9 Å². The van der Waals surface area contributed by atoms with Gasteiger partial charge < -0.3 is 10.4 Å². The van der Waals surface area contributed by atoms with Gasteiger partial charge >= 0.3 is 5.97 Å². The molecule has 0 radical (unpaired) electrons. The molecule has 0 saturated heterocycles. The number of unbranched alkanes of at least 4 members (excludes halogenated alkanes) is 1. The number of aromatic carboxylic acids is 1. The zero-order chi connectivity index (χ0) is 12.7. The van der Waals surface area contributed by atoms with Gasteiger partial charge in [-0.05, 0) is 25.0 Å². The van der Waals surface area contributed by atoms with Crippen LogP contribution in [0.2, 0.25) is 0 Å². The second-order valence-electron chi connectivity index (χ2n) is 3.50. The van der Waals surface area contributed by atoms with E-state index in [1.54, 1.807) is 12.1 Å². The number of carbonyl (C=O) groups excluding carboxylic acids is 1. The number of hydrogen-bond acceptors (Lipinski definition) is 2. The molecule has 1 aromatic carbocycles. The fourth-order valence-corrected chi connectivity index (χ4v) is 1.78. The van der Waals surface area contributed by atoms with Crippen molar-refractivity contribution in [1.29, 1.82) is 0 Å². The Bertz CT molecular complexity index is 406. The van der Waals surface area contributed by atoms with Gasteiger partial charge in [0.25, 0.3) is 5.91 Å². The van der Waals surface area contributed by atoms with Crippen molar-refractivity contribution in [2.24, 2.45) is 0 Å². The zero-order valence-corrected chi connectivity index (χ0v) is 10.9. The summed E-state index contributed by atoms with van der Waals surface area (Å²) in [7, 11) is 0. The first kappa shape index (κ1) is 13.7. The highest BCUT2D eigenvalue weighted by atomic mass is 79.9. The van der Waals surface area contributed by atoms with E-state index in [0.29, 0.717) is 6.54 Å². The second-order valence-corrected chi connectivity index (χ2v) is 4.30. The summed E-state index contributed by atoms with van der Waals surface area (Å²) in [6, 6.07) is 6.20. The number of halogens is 1. The van der Waals surface area contributed by atoms with Crippen molar-refractivity contribution in [2.45, 2.75) is 12.8 Å². The predicted octanol–water partition coefficient (Wildman–Crippen LogP) is 2.29. The Hall–Kier alpha value is -1.36. The Labute approximate surface area is 108 Å². The molecule has 0 atom stereocenters. The lowest BCUT2D eigenvalue weighted by Gasteiger charge is -2.06. The first-order chi connectivity index (χ1) is 8.16. The smallest absolute Gasteiger partial charge is 0.336 e. The second kappa shape index (κ2) is 7.06. The lowest BCUT2D eigenvalue weighted by Crippen LogP contribution is -2.26. The maximum absolute atomic E-state index is 11.7. The van der Waals surface area contributed by atoms with Crippen LogP contribution in [-0.2, 0) is 0 Å². The third-order valence-corrected chi connectivity index (χ3v) is 2.81. The maximum Gasteiger partial charge on any atom is 0.336 e. The predicted molar refractivity (Wildman–Crippen MR) is 68.8 cm³/mol. The standard InChI is InChI=1S/C12H14BrNO3/c13-7-3-4-8-14-11(15)9-5-1-2-6-10(9)12(16)17/h1-2,5-6H,3-4,7-8H2,(H,14,15)(H,16,17). The Balaban J connectivity index is 2.65. The van der Waals surface area contributed by atoms with E-state index >= 15 is 0 Å². The zero-order valence-electron chi connectivity index (χ0n) is 9.28. The van der Waals surface area contributed by atoms with E-state index in [4.69, 9.17) is 5.11 Å². The number of carbonyl (C=O) groups is 2. The molecule has 0 aliphatic rings. The molecule has 4 nitrogen and oxygen atoms in total. The van der Waals surface area contributed by atoms with E-state index in [9.17, 15) is 9.59 Å². The number of rotatable bonds is 6. The number of hydrogen-bond donors (Lipinski definition) is 2. The molecule has 1 amide bonds. The molecule has 0 heterocycles. The molecule has 0 unspecified atom stereocenters. The molecule has 17 heavy (non-hydrogen) atoms. The summed E-state index contributed by atoms with van der Waals surface area (Å²) in [5, 5.41) is 12.5. The van der Waals surface area contributed by atoms with Crippen molar-refractivity contribution < 1.29 is 14.7 Å². The SMILES string of the molecule is O=C(O)c1ccccc1C(=O)NCCCCBr. The molecule has 0 fully saturated rings. The largest absolute Gasteiger partial charge is 0.478 e. The highest BCUT2D eigenvalue weighted by molar-refractivity contribution is 9.09. The van der Waals surface area contributed by atoms with E-state index < -0.39 is 5.97 Å². The van der Waals surface area contributed by atoms with E-state index in [-0.39, 0.29) is 17.0 Å². The molecule has 0 aliphatic heterocycles. The lowest BCUT2D eigenvalue weighted by molar-refractivity contribution is 0.0691. The summed E-state index contributed by atoms with van der Waals surface area (Å²) in [5.74, 6) is -1.42. The number of amides is 1. The van der Waals surface area contributed by atoms with E-state index in [1.165, 1.54) is 12.1 Å². The van der Waals surface area contributed by atoms with E-state index in [1.807, 2.05) is 0 Å². The van der Waals surface area contributed by atoms with Gasteiger partial charge in [-0.25, -0.2) is 4.79 Å². The van der Waals surface area contributed by atoms with Crippen molar-refractivity contribution in [2.75, 3.05) is 11.9 Å². The third-order valence-electron chi connectivity index (χ3n) is 2.25. The molecular weight excluding hydrogens is 286 g/mol. The van der Waals surface area contributed by atoms with Crippen LogP contribution in [0.3, 0.4) is 0 Å². The van der Waals surface area contributed by atoms with E-state index in [2.05, 4.69) is 21.2 Å². The fourth-order valence-electron chi connectivity index (χ4n) is 1.38. The van der Waals surface area contributed by atoms with Crippen LogP contribution < -0.4 is 5.32 Å². The van der Waals surface area contributed by atoms with Gasteiger partial charge in [-0.3, -0.25) is 4.79 Å². The molecule has 0 aromatic heterocycles. The topological polar surface area (TPSA) is 66.4 Å². The van der Waals surface area contributed by atoms with Crippen LogP contribution in [0.4, 0.5) is 0 Å². The minimum atomic E-state index is -1.09. The summed E-state index contributed by atoms with van der Waals surface area (Å²) in [6.07, 6.45) is 1.84. The minimum absolute atomic E-state index is 0.0329. The molecule has 0 saturated carbocycles. The van der Waals surface area contributed by atoms with Crippen molar-refractivity contribution in [1.82, 2.24) is 5.32 Å². The Morgan fingerprint density at radius 1 is 1.18 bits per heavy atom. The number of alkyl halides is 1. The summed E-state index contributed by atoms with van der Waals surface area (Å²) in [4.78, 5) is 22.7. The normalized spacial score (nSPS) is 9.94. The van der Waals surface area contributed by atoms with Gasteiger partial charge in [0.15, 0.2) is 0 Å². The fraction of sp³-hybridized carbons (Fsp3) is 0.333. The first-order valence-corrected chi connectivity index (χ1v) is 6.45. The molecule has 1 aromatic rings. The summed E-state index contributed by atoms with van der Waals surface area (Å²) < 4.78 is 0. The molecular formula is C12H14BrNO3. The summed E-state index contributed by atoms with van der Waals surface area (Å²) in [6.45, 7) is 0.554. The van der Waals surface area contributed by atoms with Crippen LogP contribution in [0.5, 0.6) is 0 Å². The third kappa shape index (κ3) is 4.19. The van der Waals surface area contributed by atoms with Gasteiger partial charge in [-0.2, -0.15) is 0 Å². The minimum Gasteiger partial charge on any atom is -0.478 e. The molecule has 0 aliphatic carbocycles. The quantitative estimate of drug-likeness (QED) is 0.626. The molecule has 5 heteroatoms. The number of nitrogens with one attached hydrogen (secondary N) is 1. The Morgan fingerprint density at radius 2 is 1.82 bits per heavy atom. The molecule has 1 rings (SSSR count). The molecule has 2 N–H and O–H groups in total. The summed E-state index contributed by atoms with van der Waals surface area (Å²) >= 11 is 3.30. The lowest BCUT2D eigenvalue weighted by atomic mass is 10.1. The van der Waals surface area contributed by atoms with Gasteiger partial charge in [0.2, 0.25) is 0 Å². The van der Waals surface area contributed by atoms with E-state index in [0.717, 1.165) is 18.2 Å². The van der Waals surface area contributed by atoms with Crippen molar-refractivity contribution in [3.05, 3.63) is 35.4 Å². The van der Waals surface area contributed by atoms with Gasteiger partial charge in [-0.1, -0.05) is 28.1 Å². The Morgan fingerprint density at radius 3 is 2.41 bits per heavy atom. The van der Waals surface area contributed by atoms with Crippen LogP contribution in [0.15, 0.2) is 24.3 Å². The number of carboxylic acids is 1. The molecule has 0 bridgehead atoms. The number of benzene rings is 1. The Kier molecular flexibility index (Phi) is 5.69. The van der Waals surface area contributed by atoms with Gasteiger partial charge in [0, 0.05) is 11.9 Å². The highest BCUT2D eigenvalue weighted by Crippen LogP contribution is 2.08. The molecule has 0 spiro atoms. The van der Waals surface area contributed by atoms with Crippen LogP contribution in [0.1, 0.15) is 33.6 Å². The van der Waals surface area contributed by atoms with Crippen molar-refractivity contribution in [3.8, 4) is 0 Å². The number of carboxylic acid groups (broad SMARTS) is 1. The van der Waals surface area contributed by atoms with Gasteiger partial charge in [0.05, 0.1) is 11.1 Å². The van der Waals surface area contributed by atoms with Crippen molar-refractivity contribution in [3.63, 3.8) is 0 Å². The van der Waals surface area contributed by atoms with Crippen molar-refractivity contribution >= 4 is 27.8 Å². The van der Waals surface area contributed by atoms with Gasteiger partial charge in [0.1, 0.15) is 0 Å². The van der Waals surface area contributed by atoms with Crippen LogP contribution in [0, 0.1) is 0 Å². The maximum atomic E-state index is 11.7. The average molecular weight is 300 g/mol. The van der Waals surface area contributed by atoms with Crippen LogP contribution >= 0.6 is 15.9 Å². The highest BCUT2D eigenvalue weighted by Gasteiger charge is 2.14. The van der Waals surface area contributed by atoms with Gasteiger partial charge in [-0.15, -0.1) is 0 Å². The monoisotopic (exact) mass is 299 g/mol.